The summed E-state index contributed by atoms with van der Waals surface area (Å²) in [5.74, 6) is -5.44. The van der Waals surface area contributed by atoms with Gasteiger partial charge in [0.25, 0.3) is 0 Å². The monoisotopic (exact) mass is 576 g/mol. The Morgan fingerprint density at radius 2 is 1.54 bits per heavy atom. The molecule has 4 atom stereocenters. The topological polar surface area (TPSA) is 288 Å². The minimum Gasteiger partial charge on any atom is -0.481 e. The number of guanidine groups is 1. The third kappa shape index (κ3) is 10.4. The van der Waals surface area contributed by atoms with Gasteiger partial charge in [-0.1, -0.05) is 18.2 Å². The van der Waals surface area contributed by atoms with E-state index in [4.69, 9.17) is 22.3 Å². The Morgan fingerprint density at radius 1 is 0.902 bits per heavy atom. The fourth-order valence-electron chi connectivity index (χ4n) is 3.93. The molecule has 2 rings (SSSR count). The molecule has 0 spiro atoms. The molecule has 0 saturated heterocycles. The molecule has 13 N–H and O–H groups in total. The molecule has 1 aromatic heterocycles. The number of nitrogens with one attached hydrogen (secondary N) is 4. The quantitative estimate of drug-likeness (QED) is 0.0533. The SMILES string of the molecule is NC(N)=NCCCC(N)C(=O)NC(CO)C(=O)NC(CCC(=O)O)C(=O)NC(Cc1c[nH]c2ccccc12)C(=O)O. The third-order valence-electron chi connectivity index (χ3n) is 6.11. The normalized spacial score (nSPS) is 13.8. The molecule has 16 heteroatoms. The van der Waals surface area contributed by atoms with Gasteiger partial charge in [-0.25, -0.2) is 4.79 Å². The maximum absolute atomic E-state index is 13.0. The number of rotatable bonds is 17. The first kappa shape index (κ1) is 32.5. The number of carbonyl (C=O) groups excluding carboxylic acids is 3. The van der Waals surface area contributed by atoms with Gasteiger partial charge < -0.3 is 53.5 Å². The number of carboxylic acid groups (broad SMARTS) is 2. The Bertz CT molecular complexity index is 1260. The second-order valence-electron chi connectivity index (χ2n) is 9.26. The molecule has 16 nitrogen and oxygen atoms in total. The number of nitrogens with two attached hydrogens (primary N) is 3. The van der Waals surface area contributed by atoms with Crippen molar-refractivity contribution in [3.8, 4) is 0 Å². The van der Waals surface area contributed by atoms with Crippen molar-refractivity contribution in [2.45, 2.75) is 56.3 Å². The molecule has 0 aliphatic carbocycles. The van der Waals surface area contributed by atoms with Crippen molar-refractivity contribution >= 4 is 46.5 Å². The van der Waals surface area contributed by atoms with E-state index in [0.717, 1.165) is 10.9 Å². The molecular weight excluding hydrogens is 540 g/mol. The van der Waals surface area contributed by atoms with Gasteiger partial charge in [-0.15, -0.1) is 0 Å². The number of aliphatic carboxylic acids is 2. The predicted molar refractivity (Wildman–Crippen MR) is 147 cm³/mol. The van der Waals surface area contributed by atoms with Crippen molar-refractivity contribution in [2.75, 3.05) is 13.2 Å². The van der Waals surface area contributed by atoms with E-state index in [1.54, 1.807) is 30.5 Å². The molecule has 224 valence electrons. The summed E-state index contributed by atoms with van der Waals surface area (Å²) in [6, 6.07) is 1.71. The highest BCUT2D eigenvalue weighted by atomic mass is 16.4. The summed E-state index contributed by atoms with van der Waals surface area (Å²) in [6.07, 6.45) is 1.14. The Hall–Kier alpha value is -4.70. The fraction of sp³-hybridized carbons (Fsp3) is 0.440. The zero-order valence-corrected chi connectivity index (χ0v) is 22.2. The van der Waals surface area contributed by atoms with Gasteiger partial charge in [0.1, 0.15) is 18.1 Å². The van der Waals surface area contributed by atoms with E-state index in [0.29, 0.717) is 12.0 Å². The Labute approximate surface area is 234 Å². The lowest BCUT2D eigenvalue weighted by Gasteiger charge is -2.24. The number of amides is 3. The van der Waals surface area contributed by atoms with Crippen LogP contribution in [0.25, 0.3) is 10.9 Å². The molecule has 3 amide bonds. The van der Waals surface area contributed by atoms with E-state index in [1.165, 1.54) is 0 Å². The number of aliphatic imine (C=N–C) groups is 1. The highest BCUT2D eigenvalue weighted by Crippen LogP contribution is 2.19. The van der Waals surface area contributed by atoms with Crippen LogP contribution in [0.4, 0.5) is 0 Å². The van der Waals surface area contributed by atoms with E-state index in [9.17, 15) is 34.2 Å². The molecule has 0 radical (unpaired) electrons. The molecule has 0 bridgehead atoms. The number of benzene rings is 1. The van der Waals surface area contributed by atoms with Crippen molar-refractivity contribution in [1.29, 1.82) is 0 Å². The average molecular weight is 577 g/mol. The van der Waals surface area contributed by atoms with Gasteiger partial charge in [0.15, 0.2) is 5.96 Å². The van der Waals surface area contributed by atoms with Crippen LogP contribution in [0.15, 0.2) is 35.5 Å². The van der Waals surface area contributed by atoms with E-state index < -0.39 is 66.9 Å². The molecule has 0 aliphatic rings. The number of hydrogen-bond donors (Lipinski definition) is 10. The van der Waals surface area contributed by atoms with E-state index in [2.05, 4.69) is 25.9 Å². The van der Waals surface area contributed by atoms with Gasteiger partial charge in [-0.3, -0.25) is 24.2 Å². The number of fused-ring (bicyclic) bond motifs is 1. The van der Waals surface area contributed by atoms with Gasteiger partial charge in [0.2, 0.25) is 17.7 Å². The lowest BCUT2D eigenvalue weighted by atomic mass is 10.0. The lowest BCUT2D eigenvalue weighted by molar-refractivity contribution is -0.143. The number of H-pyrrole nitrogens is 1. The van der Waals surface area contributed by atoms with Crippen LogP contribution in [0.1, 0.15) is 31.2 Å². The summed E-state index contributed by atoms with van der Waals surface area (Å²) in [6.45, 7) is -0.630. The van der Waals surface area contributed by atoms with Gasteiger partial charge >= 0.3 is 11.9 Å². The number of carboxylic acids is 2. The second kappa shape index (κ2) is 15.8. The maximum atomic E-state index is 13.0. The number of hydrogen-bond acceptors (Lipinski definition) is 8. The van der Waals surface area contributed by atoms with Gasteiger partial charge in [0.05, 0.1) is 12.6 Å². The molecule has 0 fully saturated rings. The lowest BCUT2D eigenvalue weighted by Crippen LogP contribution is -2.58. The Kier molecular flexibility index (Phi) is 12.5. The van der Waals surface area contributed by atoms with Crippen LogP contribution in [0, 0.1) is 0 Å². The maximum Gasteiger partial charge on any atom is 0.326 e. The van der Waals surface area contributed by atoms with E-state index in [-0.39, 0.29) is 31.8 Å². The standard InChI is InChI=1S/C25H36N8O8/c26-15(5-3-9-29-25(27)28)21(37)33-19(12-34)23(39)31-17(7-8-20(35)36)22(38)32-18(24(40)41)10-13-11-30-16-6-2-1-4-14(13)16/h1-2,4,6,11,15,17-19,30,34H,3,5,7-10,12,26H2,(H,31,39)(H,32,38)(H,33,37)(H,35,36)(H,40,41)(H4,27,28,29). The number of aliphatic hydroxyl groups excluding tert-OH is 1. The minimum atomic E-state index is -1.52. The van der Waals surface area contributed by atoms with Crippen LogP contribution >= 0.6 is 0 Å². The Balaban J connectivity index is 2.08. The van der Waals surface area contributed by atoms with Gasteiger partial charge in [-0.05, 0) is 30.9 Å². The highest BCUT2D eigenvalue weighted by Gasteiger charge is 2.31. The predicted octanol–water partition coefficient (Wildman–Crippen LogP) is -2.51. The summed E-state index contributed by atoms with van der Waals surface area (Å²) in [5, 5.41) is 36.2. The minimum absolute atomic E-state index is 0.0962. The van der Waals surface area contributed by atoms with Crippen LogP contribution in [0.2, 0.25) is 0 Å². The van der Waals surface area contributed by atoms with Crippen LogP contribution < -0.4 is 33.2 Å². The van der Waals surface area contributed by atoms with Crippen molar-refractivity contribution in [3.63, 3.8) is 0 Å². The largest absolute Gasteiger partial charge is 0.481 e. The summed E-state index contributed by atoms with van der Waals surface area (Å²) >= 11 is 0. The summed E-state index contributed by atoms with van der Waals surface area (Å²) in [7, 11) is 0. The molecule has 0 aliphatic heterocycles. The van der Waals surface area contributed by atoms with Gasteiger partial charge in [0, 0.05) is 36.5 Å². The molecule has 0 saturated carbocycles. The van der Waals surface area contributed by atoms with Crippen LogP contribution in [0.3, 0.4) is 0 Å². The fourth-order valence-corrected chi connectivity index (χ4v) is 3.93. The summed E-state index contributed by atoms with van der Waals surface area (Å²) < 4.78 is 0. The second-order valence-corrected chi connectivity index (χ2v) is 9.26. The first-order valence-corrected chi connectivity index (χ1v) is 12.8. The summed E-state index contributed by atoms with van der Waals surface area (Å²) in [5.41, 5.74) is 17.7. The van der Waals surface area contributed by atoms with Crippen molar-refractivity contribution in [1.82, 2.24) is 20.9 Å². The van der Waals surface area contributed by atoms with Crippen molar-refractivity contribution < 1.29 is 39.3 Å². The van der Waals surface area contributed by atoms with Gasteiger partial charge in [-0.2, -0.15) is 0 Å². The number of aromatic nitrogens is 1. The van der Waals surface area contributed by atoms with Crippen LogP contribution in [-0.4, -0.2) is 93.2 Å². The zero-order valence-electron chi connectivity index (χ0n) is 22.2. The number of nitrogens with zero attached hydrogens (tertiary/aromatic N) is 1. The smallest absolute Gasteiger partial charge is 0.326 e. The van der Waals surface area contributed by atoms with Crippen molar-refractivity contribution in [2.24, 2.45) is 22.2 Å². The average Bonchev–Trinajstić information content (AvgIpc) is 3.33. The highest BCUT2D eigenvalue weighted by molar-refractivity contribution is 5.94. The number of para-hydroxylation sites is 1. The first-order chi connectivity index (χ1) is 19.4. The van der Waals surface area contributed by atoms with E-state index in [1.807, 2.05) is 0 Å². The number of carbonyl (C=O) groups is 5. The number of aromatic amines is 1. The van der Waals surface area contributed by atoms with E-state index >= 15 is 0 Å². The third-order valence-corrected chi connectivity index (χ3v) is 6.11. The zero-order chi connectivity index (χ0) is 30.5. The molecular formula is C25H36N8O8. The van der Waals surface area contributed by atoms with Crippen LogP contribution in [0.5, 0.6) is 0 Å². The molecule has 4 unspecified atom stereocenters. The van der Waals surface area contributed by atoms with Crippen LogP contribution in [-0.2, 0) is 30.4 Å². The molecule has 2 aromatic rings. The molecule has 1 heterocycles. The Morgan fingerprint density at radius 3 is 2.17 bits per heavy atom. The first-order valence-electron chi connectivity index (χ1n) is 12.8. The molecule has 41 heavy (non-hydrogen) atoms. The van der Waals surface area contributed by atoms with Crippen molar-refractivity contribution in [3.05, 3.63) is 36.0 Å². The summed E-state index contributed by atoms with van der Waals surface area (Å²) in [4.78, 5) is 68.2. The molecule has 1 aromatic carbocycles. The number of aliphatic hydroxyl groups is 1.